The van der Waals surface area contributed by atoms with E-state index in [2.05, 4.69) is 17.9 Å². The quantitative estimate of drug-likeness (QED) is 0.557. The minimum atomic E-state index is -0.830. The van der Waals surface area contributed by atoms with Crippen LogP contribution in [0, 0.1) is 17.3 Å². The fourth-order valence-electron chi connectivity index (χ4n) is 4.41. The summed E-state index contributed by atoms with van der Waals surface area (Å²) < 4.78 is 6.00. The number of rotatable bonds is 6. The maximum Gasteiger partial charge on any atom is 0.304 e. The van der Waals surface area contributed by atoms with Crippen LogP contribution in [0.5, 0.6) is 5.75 Å². The van der Waals surface area contributed by atoms with Crippen LogP contribution in [-0.2, 0) is 4.79 Å². The second-order valence-electron chi connectivity index (χ2n) is 7.63. The van der Waals surface area contributed by atoms with Crippen molar-refractivity contribution in [2.45, 2.75) is 64.2 Å². The number of aliphatic carboxylic acids is 1. The number of ether oxygens (including phenoxy) is 1. The van der Waals surface area contributed by atoms with Crippen molar-refractivity contribution in [3.63, 3.8) is 0 Å². The van der Waals surface area contributed by atoms with Crippen molar-refractivity contribution >= 4 is 5.97 Å². The minimum Gasteiger partial charge on any atom is -0.489 e. The largest absolute Gasteiger partial charge is 0.489 e. The van der Waals surface area contributed by atoms with Crippen LogP contribution in [0.1, 0.15) is 69.8 Å². The van der Waals surface area contributed by atoms with E-state index in [-0.39, 0.29) is 12.3 Å². The van der Waals surface area contributed by atoms with Crippen LogP contribution >= 0.6 is 0 Å². The summed E-state index contributed by atoms with van der Waals surface area (Å²) in [7, 11) is 0. The molecule has 0 bridgehead atoms. The fraction of sp³-hybridized carbons (Fsp3) is 0.522. The molecule has 0 radical (unpaired) electrons. The van der Waals surface area contributed by atoms with E-state index < -0.39 is 5.97 Å². The van der Waals surface area contributed by atoms with Crippen molar-refractivity contribution in [1.29, 1.82) is 0 Å². The van der Waals surface area contributed by atoms with Crippen molar-refractivity contribution in [2.75, 3.05) is 6.61 Å². The first kappa shape index (κ1) is 18.6. The molecular weight excluding hydrogens is 324 g/mol. The van der Waals surface area contributed by atoms with E-state index in [4.69, 9.17) is 9.84 Å². The molecule has 1 aromatic carbocycles. The molecule has 0 heterocycles. The lowest BCUT2D eigenvalue weighted by atomic mass is 9.75. The van der Waals surface area contributed by atoms with E-state index in [1.54, 1.807) is 6.92 Å². The van der Waals surface area contributed by atoms with Gasteiger partial charge in [-0.2, -0.15) is 0 Å². The SMILES string of the molecule is CC#CC(CC(=O)O)c1ccc(OCC2=CC3(CCCC3)CCC2)cc1. The lowest BCUT2D eigenvalue weighted by Gasteiger charge is -2.31. The van der Waals surface area contributed by atoms with Crippen molar-refractivity contribution in [3.05, 3.63) is 41.5 Å². The van der Waals surface area contributed by atoms with Crippen LogP contribution in [0.2, 0.25) is 0 Å². The molecule has 2 aliphatic carbocycles. The fourth-order valence-corrected chi connectivity index (χ4v) is 4.41. The van der Waals surface area contributed by atoms with Gasteiger partial charge in [-0.15, -0.1) is 5.92 Å². The Kier molecular flexibility index (Phi) is 6.04. The van der Waals surface area contributed by atoms with Gasteiger partial charge in [0.25, 0.3) is 0 Å². The van der Waals surface area contributed by atoms with Crippen LogP contribution in [0.25, 0.3) is 0 Å². The molecule has 0 aromatic heterocycles. The summed E-state index contributed by atoms with van der Waals surface area (Å²) in [5.74, 6) is 5.54. The Balaban J connectivity index is 1.61. The molecule has 0 amide bonds. The molecule has 0 saturated heterocycles. The van der Waals surface area contributed by atoms with Crippen LogP contribution in [0.15, 0.2) is 35.9 Å². The summed E-state index contributed by atoms with van der Waals surface area (Å²) in [6, 6.07) is 7.72. The molecule has 26 heavy (non-hydrogen) atoms. The Labute approximate surface area is 156 Å². The van der Waals surface area contributed by atoms with Crippen LogP contribution < -0.4 is 4.74 Å². The van der Waals surface area contributed by atoms with Crippen LogP contribution in [0.3, 0.4) is 0 Å². The second kappa shape index (κ2) is 8.45. The maximum atomic E-state index is 11.0. The monoisotopic (exact) mass is 352 g/mol. The highest BCUT2D eigenvalue weighted by molar-refractivity contribution is 5.69. The average Bonchev–Trinajstić information content (AvgIpc) is 3.07. The van der Waals surface area contributed by atoms with E-state index in [0.29, 0.717) is 12.0 Å². The van der Waals surface area contributed by atoms with Crippen molar-refractivity contribution < 1.29 is 14.6 Å². The third kappa shape index (κ3) is 4.69. The van der Waals surface area contributed by atoms with Gasteiger partial charge in [0.1, 0.15) is 12.4 Å². The summed E-state index contributed by atoms with van der Waals surface area (Å²) in [6.45, 7) is 2.40. The number of carbonyl (C=O) groups is 1. The van der Waals surface area contributed by atoms with Gasteiger partial charge in [-0.3, -0.25) is 4.79 Å². The molecule has 1 spiro atoms. The Morgan fingerprint density at radius 1 is 1.19 bits per heavy atom. The van der Waals surface area contributed by atoms with Crippen molar-refractivity contribution in [3.8, 4) is 17.6 Å². The predicted molar refractivity (Wildman–Crippen MR) is 103 cm³/mol. The van der Waals surface area contributed by atoms with Gasteiger partial charge in [0.05, 0.1) is 12.3 Å². The number of hydrogen-bond donors (Lipinski definition) is 1. The van der Waals surface area contributed by atoms with Gasteiger partial charge in [0.15, 0.2) is 0 Å². The Bertz CT molecular complexity index is 712. The third-order valence-electron chi connectivity index (χ3n) is 5.69. The van der Waals surface area contributed by atoms with Gasteiger partial charge in [-0.05, 0) is 67.7 Å². The molecule has 1 atom stereocenters. The maximum absolute atomic E-state index is 11.0. The van der Waals surface area contributed by atoms with E-state index in [9.17, 15) is 4.79 Å². The molecule has 1 unspecified atom stereocenters. The molecule has 1 saturated carbocycles. The van der Waals surface area contributed by atoms with Crippen LogP contribution in [0.4, 0.5) is 0 Å². The molecule has 3 heteroatoms. The number of carboxylic acid groups (broad SMARTS) is 1. The average molecular weight is 352 g/mol. The minimum absolute atomic E-state index is 0.0238. The Morgan fingerprint density at radius 3 is 2.54 bits per heavy atom. The number of allylic oxidation sites excluding steroid dienone is 1. The highest BCUT2D eigenvalue weighted by atomic mass is 16.5. The molecule has 3 rings (SSSR count). The van der Waals surface area contributed by atoms with Gasteiger partial charge < -0.3 is 9.84 Å². The van der Waals surface area contributed by atoms with Gasteiger partial charge in [0.2, 0.25) is 0 Å². The molecule has 2 aliphatic rings. The zero-order valence-corrected chi connectivity index (χ0v) is 15.6. The highest BCUT2D eigenvalue weighted by Gasteiger charge is 2.33. The first-order valence-electron chi connectivity index (χ1n) is 9.68. The summed E-state index contributed by atoms with van der Waals surface area (Å²) >= 11 is 0. The summed E-state index contributed by atoms with van der Waals surface area (Å²) in [5.41, 5.74) is 2.82. The van der Waals surface area contributed by atoms with E-state index in [0.717, 1.165) is 17.7 Å². The lowest BCUT2D eigenvalue weighted by molar-refractivity contribution is -0.137. The predicted octanol–water partition coefficient (Wildman–Crippen LogP) is 5.32. The molecule has 1 fully saturated rings. The Morgan fingerprint density at radius 2 is 1.88 bits per heavy atom. The third-order valence-corrected chi connectivity index (χ3v) is 5.69. The highest BCUT2D eigenvalue weighted by Crippen LogP contribution is 2.47. The smallest absolute Gasteiger partial charge is 0.304 e. The van der Waals surface area contributed by atoms with Gasteiger partial charge in [-0.1, -0.05) is 37.0 Å². The zero-order chi connectivity index (χ0) is 18.4. The van der Waals surface area contributed by atoms with Gasteiger partial charge in [0, 0.05) is 0 Å². The van der Waals surface area contributed by atoms with Gasteiger partial charge >= 0.3 is 5.97 Å². The topological polar surface area (TPSA) is 46.5 Å². The van der Waals surface area contributed by atoms with Crippen molar-refractivity contribution in [1.82, 2.24) is 0 Å². The summed E-state index contributed by atoms with van der Waals surface area (Å²) in [6.07, 6.45) is 11.7. The Hall–Kier alpha value is -2.21. The standard InChI is InChI=1S/C23H28O3/c1-2-6-20(15-22(24)25)19-8-10-21(11-9-19)26-17-18-7-5-14-23(16-18)12-3-4-13-23/h8-11,16,20H,3-5,7,12-15,17H2,1H3,(H,24,25). The van der Waals surface area contributed by atoms with E-state index in [1.165, 1.54) is 44.1 Å². The molecule has 3 nitrogen and oxygen atoms in total. The van der Waals surface area contributed by atoms with E-state index in [1.807, 2.05) is 24.3 Å². The summed E-state index contributed by atoms with van der Waals surface area (Å²) in [4.78, 5) is 11.0. The molecule has 1 N–H and O–H groups in total. The number of carboxylic acids is 1. The molecule has 138 valence electrons. The summed E-state index contributed by atoms with van der Waals surface area (Å²) in [5, 5.41) is 9.04. The first-order valence-corrected chi connectivity index (χ1v) is 9.68. The van der Waals surface area contributed by atoms with Gasteiger partial charge in [-0.25, -0.2) is 0 Å². The van der Waals surface area contributed by atoms with E-state index >= 15 is 0 Å². The second-order valence-corrected chi connectivity index (χ2v) is 7.63. The number of benzene rings is 1. The molecule has 1 aromatic rings. The molecular formula is C23H28O3. The first-order chi connectivity index (χ1) is 12.6. The van der Waals surface area contributed by atoms with Crippen molar-refractivity contribution in [2.24, 2.45) is 5.41 Å². The lowest BCUT2D eigenvalue weighted by Crippen LogP contribution is -2.19. The number of hydrogen-bond acceptors (Lipinski definition) is 2. The normalized spacial score (nSPS) is 19.3. The molecule has 0 aliphatic heterocycles. The van der Waals surface area contributed by atoms with Crippen LogP contribution in [-0.4, -0.2) is 17.7 Å². The zero-order valence-electron chi connectivity index (χ0n) is 15.6.